The molecule has 1 aliphatic heterocycles. The molecule has 144 valence electrons. The number of ether oxygens (including phenoxy) is 1. The maximum Gasteiger partial charge on any atom is 0.338 e. The molecule has 0 radical (unpaired) electrons. The molecule has 0 fully saturated rings. The summed E-state index contributed by atoms with van der Waals surface area (Å²) in [5.74, 6) is -1.39. The van der Waals surface area contributed by atoms with Crippen LogP contribution in [0.4, 0.5) is 17.1 Å². The molecule has 2 aromatic carbocycles. The standard InChI is InChI=1S/C17H12ClN3O6S/c18-10-2-3-11(13(6-10)21(25)26)19-15(22)7-27-17(24)9-1-4-14-12(5-9)20-16(23)8-28-14/h1-6H,7-8H2,(H,19,22)(H,20,23). The second-order valence-corrected chi connectivity index (χ2v) is 7.04. The van der Waals surface area contributed by atoms with Crippen molar-refractivity contribution in [3.63, 3.8) is 0 Å². The lowest BCUT2D eigenvalue weighted by atomic mass is 10.2. The van der Waals surface area contributed by atoms with E-state index in [0.29, 0.717) is 11.4 Å². The van der Waals surface area contributed by atoms with Gasteiger partial charge in [-0.15, -0.1) is 11.8 Å². The van der Waals surface area contributed by atoms with Crippen molar-refractivity contribution in [1.82, 2.24) is 0 Å². The Bertz CT molecular complexity index is 997. The SMILES string of the molecule is O=C1CSc2ccc(C(=O)OCC(=O)Nc3ccc(Cl)cc3[N+](=O)[O-])cc2N1. The van der Waals surface area contributed by atoms with E-state index in [1.54, 1.807) is 6.07 Å². The van der Waals surface area contributed by atoms with Gasteiger partial charge in [0, 0.05) is 16.0 Å². The minimum Gasteiger partial charge on any atom is -0.452 e. The Kier molecular flexibility index (Phi) is 5.81. The van der Waals surface area contributed by atoms with Crippen LogP contribution in [0.3, 0.4) is 0 Å². The van der Waals surface area contributed by atoms with E-state index in [1.807, 2.05) is 0 Å². The number of carbonyl (C=O) groups excluding carboxylic acids is 3. The second-order valence-electron chi connectivity index (χ2n) is 5.59. The summed E-state index contributed by atoms with van der Waals surface area (Å²) in [6.07, 6.45) is 0. The Morgan fingerprint density at radius 1 is 1.29 bits per heavy atom. The van der Waals surface area contributed by atoms with Crippen molar-refractivity contribution in [3.05, 3.63) is 57.1 Å². The molecule has 0 aromatic heterocycles. The van der Waals surface area contributed by atoms with Crippen molar-refractivity contribution in [2.75, 3.05) is 23.0 Å². The Morgan fingerprint density at radius 2 is 2.07 bits per heavy atom. The molecule has 1 aliphatic rings. The topological polar surface area (TPSA) is 128 Å². The molecule has 2 amide bonds. The van der Waals surface area contributed by atoms with Gasteiger partial charge in [0.2, 0.25) is 5.91 Å². The first-order valence-corrected chi connectivity index (χ1v) is 9.17. The fourth-order valence-electron chi connectivity index (χ4n) is 2.37. The number of thioether (sulfide) groups is 1. The molecule has 0 aliphatic carbocycles. The van der Waals surface area contributed by atoms with Crippen LogP contribution in [0.2, 0.25) is 5.02 Å². The fourth-order valence-corrected chi connectivity index (χ4v) is 3.33. The number of amides is 2. The van der Waals surface area contributed by atoms with Gasteiger partial charge in [-0.1, -0.05) is 11.6 Å². The molecule has 9 nitrogen and oxygen atoms in total. The zero-order chi connectivity index (χ0) is 20.3. The number of fused-ring (bicyclic) bond motifs is 1. The molecule has 2 aromatic rings. The third kappa shape index (κ3) is 4.59. The number of carbonyl (C=O) groups is 3. The van der Waals surface area contributed by atoms with Crippen LogP contribution in [0.25, 0.3) is 0 Å². The number of esters is 1. The zero-order valence-electron chi connectivity index (χ0n) is 14.1. The number of benzene rings is 2. The predicted octanol–water partition coefficient (Wildman–Crippen LogP) is 3.09. The number of hydrogen-bond donors (Lipinski definition) is 2. The fraction of sp³-hybridized carbons (Fsp3) is 0.118. The summed E-state index contributed by atoms with van der Waals surface area (Å²) in [6.45, 7) is -0.642. The largest absolute Gasteiger partial charge is 0.452 e. The first-order chi connectivity index (χ1) is 13.3. The van der Waals surface area contributed by atoms with Gasteiger partial charge in [0.25, 0.3) is 11.6 Å². The van der Waals surface area contributed by atoms with E-state index in [0.717, 1.165) is 11.0 Å². The van der Waals surface area contributed by atoms with Gasteiger partial charge in [0.1, 0.15) is 5.69 Å². The van der Waals surface area contributed by atoms with Crippen LogP contribution in [0.15, 0.2) is 41.3 Å². The average molecular weight is 422 g/mol. The number of nitro groups is 1. The first kappa shape index (κ1) is 19.6. The van der Waals surface area contributed by atoms with Crippen molar-refractivity contribution in [2.45, 2.75) is 4.90 Å². The Labute approximate surface area is 167 Å². The Morgan fingerprint density at radius 3 is 2.82 bits per heavy atom. The van der Waals surface area contributed by atoms with E-state index in [2.05, 4.69) is 10.6 Å². The average Bonchev–Trinajstić information content (AvgIpc) is 2.66. The summed E-state index contributed by atoms with van der Waals surface area (Å²) in [4.78, 5) is 46.7. The normalized spacial score (nSPS) is 12.5. The van der Waals surface area contributed by atoms with Crippen LogP contribution < -0.4 is 10.6 Å². The number of nitrogens with one attached hydrogen (secondary N) is 2. The maximum atomic E-state index is 12.1. The van der Waals surface area contributed by atoms with Crippen molar-refractivity contribution in [1.29, 1.82) is 0 Å². The third-order valence-corrected chi connectivity index (χ3v) is 4.92. The van der Waals surface area contributed by atoms with Gasteiger partial charge in [-0.3, -0.25) is 19.7 Å². The molecule has 0 saturated carbocycles. The lowest BCUT2D eigenvalue weighted by molar-refractivity contribution is -0.383. The number of anilines is 2. The summed E-state index contributed by atoms with van der Waals surface area (Å²) < 4.78 is 4.94. The second kappa shape index (κ2) is 8.28. The van der Waals surface area contributed by atoms with Gasteiger partial charge in [0.15, 0.2) is 6.61 Å². The molecule has 0 bridgehead atoms. The number of rotatable bonds is 5. The number of nitro benzene ring substituents is 1. The van der Waals surface area contributed by atoms with Crippen molar-refractivity contribution in [3.8, 4) is 0 Å². The van der Waals surface area contributed by atoms with Crippen LogP contribution >= 0.6 is 23.4 Å². The molecular weight excluding hydrogens is 410 g/mol. The van der Waals surface area contributed by atoms with Crippen LogP contribution in [0.1, 0.15) is 10.4 Å². The van der Waals surface area contributed by atoms with Gasteiger partial charge in [-0.25, -0.2) is 4.79 Å². The molecule has 1 heterocycles. The molecule has 0 unspecified atom stereocenters. The van der Waals surface area contributed by atoms with E-state index in [9.17, 15) is 24.5 Å². The van der Waals surface area contributed by atoms with Crippen molar-refractivity contribution in [2.24, 2.45) is 0 Å². The molecular formula is C17H12ClN3O6S. The summed E-state index contributed by atoms with van der Waals surface area (Å²) in [6, 6.07) is 8.42. The highest BCUT2D eigenvalue weighted by Crippen LogP contribution is 2.32. The van der Waals surface area contributed by atoms with Crippen LogP contribution in [0, 0.1) is 10.1 Å². The highest BCUT2D eigenvalue weighted by Gasteiger charge is 2.20. The Hall–Kier alpha value is -3.11. The van der Waals surface area contributed by atoms with Crippen molar-refractivity contribution >= 4 is 58.2 Å². The third-order valence-electron chi connectivity index (χ3n) is 3.61. The number of halogens is 1. The monoisotopic (exact) mass is 421 g/mol. The van der Waals surface area contributed by atoms with Gasteiger partial charge in [-0.2, -0.15) is 0 Å². The molecule has 2 N–H and O–H groups in total. The minimum absolute atomic E-state index is 0.0658. The minimum atomic E-state index is -0.770. The maximum absolute atomic E-state index is 12.1. The lowest BCUT2D eigenvalue weighted by Gasteiger charge is -2.16. The van der Waals surface area contributed by atoms with E-state index in [1.165, 1.54) is 36.0 Å². The van der Waals surface area contributed by atoms with Crippen molar-refractivity contribution < 1.29 is 24.0 Å². The summed E-state index contributed by atoms with van der Waals surface area (Å²) in [5.41, 5.74) is 0.211. The molecule has 3 rings (SSSR count). The van der Waals surface area contributed by atoms with E-state index < -0.39 is 23.4 Å². The molecule has 0 spiro atoms. The van der Waals surface area contributed by atoms with Gasteiger partial charge in [0.05, 0.1) is 21.9 Å². The van der Waals surface area contributed by atoms with E-state index in [-0.39, 0.29) is 27.9 Å². The van der Waals surface area contributed by atoms with Gasteiger partial charge >= 0.3 is 5.97 Å². The van der Waals surface area contributed by atoms with Gasteiger partial charge in [-0.05, 0) is 30.3 Å². The molecule has 0 saturated heterocycles. The van der Waals surface area contributed by atoms with Crippen LogP contribution in [-0.4, -0.2) is 35.1 Å². The quantitative estimate of drug-likeness (QED) is 0.431. The summed E-state index contributed by atoms with van der Waals surface area (Å²) >= 11 is 7.06. The smallest absolute Gasteiger partial charge is 0.338 e. The highest BCUT2D eigenvalue weighted by molar-refractivity contribution is 8.00. The highest BCUT2D eigenvalue weighted by atomic mass is 35.5. The molecule has 0 atom stereocenters. The van der Waals surface area contributed by atoms with E-state index in [4.69, 9.17) is 16.3 Å². The predicted molar refractivity (Wildman–Crippen MR) is 103 cm³/mol. The Balaban J connectivity index is 1.62. The zero-order valence-corrected chi connectivity index (χ0v) is 15.6. The van der Waals surface area contributed by atoms with E-state index >= 15 is 0 Å². The first-order valence-electron chi connectivity index (χ1n) is 7.81. The number of nitrogens with zero attached hydrogens (tertiary/aromatic N) is 1. The van der Waals surface area contributed by atoms with Gasteiger partial charge < -0.3 is 15.4 Å². The molecule has 11 heteroatoms. The molecule has 28 heavy (non-hydrogen) atoms. The summed E-state index contributed by atoms with van der Waals surface area (Å²) in [7, 11) is 0. The lowest BCUT2D eigenvalue weighted by Crippen LogP contribution is -2.22. The number of hydrogen-bond acceptors (Lipinski definition) is 7. The summed E-state index contributed by atoms with van der Waals surface area (Å²) in [5, 5.41) is 16.1. The van der Waals surface area contributed by atoms with Crippen LogP contribution in [0.5, 0.6) is 0 Å². The van der Waals surface area contributed by atoms with Crippen LogP contribution in [-0.2, 0) is 14.3 Å².